The smallest absolute Gasteiger partial charge is 0.255 e. The number of para-hydroxylation sites is 1. The molecule has 0 saturated heterocycles. The summed E-state index contributed by atoms with van der Waals surface area (Å²) in [6.07, 6.45) is 4.66. The summed E-state index contributed by atoms with van der Waals surface area (Å²) in [6.45, 7) is 11.2. The molecule has 0 heterocycles. The van der Waals surface area contributed by atoms with Gasteiger partial charge in [-0.15, -0.1) is 0 Å². The van der Waals surface area contributed by atoms with E-state index in [1.54, 1.807) is 0 Å². The van der Waals surface area contributed by atoms with E-state index in [4.69, 9.17) is 4.74 Å². The second-order valence-electron chi connectivity index (χ2n) is 9.29. The van der Waals surface area contributed by atoms with Gasteiger partial charge in [-0.2, -0.15) is 0 Å². The first-order chi connectivity index (χ1) is 17.9. The average molecular weight is 499 g/mol. The number of hydrogen-bond acceptors (Lipinski definition) is 3. The van der Waals surface area contributed by atoms with Crippen molar-refractivity contribution >= 4 is 33.1 Å². The predicted octanol–water partition coefficient (Wildman–Crippen LogP) is 8.70. The number of carbonyl (C=O) groups is 1. The summed E-state index contributed by atoms with van der Waals surface area (Å²) in [5.41, 5.74) is 7.07. The third kappa shape index (κ3) is 9.40. The topological polar surface area (TPSA) is 64.3 Å². The lowest BCUT2D eigenvalue weighted by molar-refractivity contribution is 0.102. The normalized spacial score (nSPS) is 10.9. The Morgan fingerprint density at radius 1 is 0.892 bits per heavy atom. The van der Waals surface area contributed by atoms with Crippen molar-refractivity contribution in [2.24, 2.45) is 11.7 Å². The lowest BCUT2D eigenvalue weighted by Crippen LogP contribution is -2.11. The van der Waals surface area contributed by atoms with Crippen molar-refractivity contribution in [3.63, 3.8) is 0 Å². The van der Waals surface area contributed by atoms with Gasteiger partial charge in [-0.05, 0) is 102 Å². The summed E-state index contributed by atoms with van der Waals surface area (Å²) in [4.78, 5) is 12.6. The molecule has 0 fully saturated rings. The van der Waals surface area contributed by atoms with E-state index in [-0.39, 0.29) is 5.91 Å². The molecule has 4 rings (SSSR count). The number of nitrogens with one attached hydrogen (secondary N) is 1. The van der Waals surface area contributed by atoms with Crippen LogP contribution in [0.4, 0.5) is 5.69 Å². The van der Waals surface area contributed by atoms with Crippen LogP contribution in [-0.2, 0) is 11.3 Å². The van der Waals surface area contributed by atoms with E-state index >= 15 is 0 Å². The number of ether oxygens (including phenoxy) is 1. The minimum atomic E-state index is -0.106. The minimum Gasteiger partial charge on any atom is -0.494 e. The molecule has 0 bridgehead atoms. The summed E-state index contributed by atoms with van der Waals surface area (Å²) in [5.74, 6) is 1.71. The van der Waals surface area contributed by atoms with Gasteiger partial charge in [-0.1, -0.05) is 70.0 Å². The van der Waals surface area contributed by atoms with E-state index < -0.39 is 0 Å². The molecule has 0 atom stereocenters. The molecule has 4 aromatic carbocycles. The van der Waals surface area contributed by atoms with Gasteiger partial charge in [0, 0.05) is 11.3 Å². The van der Waals surface area contributed by atoms with Crippen molar-refractivity contribution in [1.82, 2.24) is 0 Å². The van der Waals surface area contributed by atoms with E-state index in [0.717, 1.165) is 39.1 Å². The molecule has 0 radical (unpaired) electrons. The number of rotatable bonds is 7. The number of amides is 1. The van der Waals surface area contributed by atoms with Gasteiger partial charge in [0.2, 0.25) is 0 Å². The SMILES string of the molecule is C/C=C(\C)OCc1ccc2cc3cc(C(=O)Nc4ccccc4)ccc3cc2c1.CCCC(C)C.CN. The molecule has 3 N–H and O–H groups in total. The van der Waals surface area contributed by atoms with E-state index in [1.807, 2.05) is 68.5 Å². The first kappa shape index (κ1) is 29.6. The molecule has 37 heavy (non-hydrogen) atoms. The van der Waals surface area contributed by atoms with Crippen LogP contribution in [0.2, 0.25) is 0 Å². The Morgan fingerprint density at radius 3 is 2.08 bits per heavy atom. The van der Waals surface area contributed by atoms with Gasteiger partial charge in [0.15, 0.2) is 0 Å². The van der Waals surface area contributed by atoms with Gasteiger partial charge in [0.25, 0.3) is 5.91 Å². The molecule has 0 aliphatic heterocycles. The summed E-state index contributed by atoms with van der Waals surface area (Å²) in [7, 11) is 1.50. The maximum atomic E-state index is 12.6. The summed E-state index contributed by atoms with van der Waals surface area (Å²) >= 11 is 0. The lowest BCUT2D eigenvalue weighted by Gasteiger charge is -2.09. The maximum Gasteiger partial charge on any atom is 0.255 e. The molecule has 4 aromatic rings. The van der Waals surface area contributed by atoms with Gasteiger partial charge in [-0.25, -0.2) is 0 Å². The van der Waals surface area contributed by atoms with E-state index in [0.29, 0.717) is 12.2 Å². The highest BCUT2D eigenvalue weighted by atomic mass is 16.5. The van der Waals surface area contributed by atoms with Crippen molar-refractivity contribution in [2.75, 3.05) is 12.4 Å². The second kappa shape index (κ2) is 15.5. The summed E-state index contributed by atoms with van der Waals surface area (Å²) in [6, 6.07) is 26.0. The zero-order chi connectivity index (χ0) is 27.2. The number of anilines is 1. The van der Waals surface area contributed by atoms with E-state index in [9.17, 15) is 4.79 Å². The van der Waals surface area contributed by atoms with E-state index in [2.05, 4.69) is 62.2 Å². The molecule has 0 unspecified atom stereocenters. The van der Waals surface area contributed by atoms with Gasteiger partial charge in [-0.3, -0.25) is 4.79 Å². The van der Waals surface area contributed by atoms with Crippen LogP contribution in [0.25, 0.3) is 21.5 Å². The predicted molar refractivity (Wildman–Crippen MR) is 160 cm³/mol. The third-order valence-electron chi connectivity index (χ3n) is 5.89. The fourth-order valence-corrected chi connectivity index (χ4v) is 3.86. The molecule has 4 heteroatoms. The largest absolute Gasteiger partial charge is 0.494 e. The fourth-order valence-electron chi connectivity index (χ4n) is 3.86. The van der Waals surface area contributed by atoms with Crippen molar-refractivity contribution in [1.29, 1.82) is 0 Å². The van der Waals surface area contributed by atoms with Crippen molar-refractivity contribution < 1.29 is 9.53 Å². The first-order valence-corrected chi connectivity index (χ1v) is 13.1. The average Bonchev–Trinajstić information content (AvgIpc) is 2.92. The Balaban J connectivity index is 0.000000531. The van der Waals surface area contributed by atoms with Crippen LogP contribution in [-0.4, -0.2) is 13.0 Å². The Hall–Kier alpha value is -3.63. The number of fused-ring (bicyclic) bond motifs is 2. The van der Waals surface area contributed by atoms with Crippen LogP contribution in [0.5, 0.6) is 0 Å². The molecule has 196 valence electrons. The number of hydrogen-bond donors (Lipinski definition) is 2. The Kier molecular flexibility index (Phi) is 12.4. The highest BCUT2D eigenvalue weighted by Gasteiger charge is 2.08. The maximum absolute atomic E-state index is 12.6. The molecule has 0 spiro atoms. The van der Waals surface area contributed by atoms with Crippen LogP contribution in [0.3, 0.4) is 0 Å². The molecular weight excluding hydrogens is 456 g/mol. The Labute approximate surface area is 222 Å². The molecular formula is C33H42N2O2. The summed E-state index contributed by atoms with van der Waals surface area (Å²) < 4.78 is 5.72. The van der Waals surface area contributed by atoms with Gasteiger partial charge < -0.3 is 15.8 Å². The van der Waals surface area contributed by atoms with Crippen molar-refractivity contribution in [3.05, 3.63) is 102 Å². The van der Waals surface area contributed by atoms with Crippen molar-refractivity contribution in [3.8, 4) is 0 Å². The summed E-state index contributed by atoms with van der Waals surface area (Å²) in [5, 5.41) is 7.40. The molecule has 0 aliphatic carbocycles. The molecule has 0 aliphatic rings. The van der Waals surface area contributed by atoms with Gasteiger partial charge in [0.1, 0.15) is 6.61 Å². The van der Waals surface area contributed by atoms with Crippen LogP contribution in [0.15, 0.2) is 90.7 Å². The highest BCUT2D eigenvalue weighted by molar-refractivity contribution is 6.08. The standard InChI is InChI=1S/C26H23NO2.C6H14.CH5N/c1-3-18(2)29-17-19-9-10-20-15-24-16-22(12-11-21(24)14-23(20)13-19)26(28)27-25-7-5-4-6-8-25;1-4-5-6(2)3;1-2/h3-16H,17H2,1-2H3,(H,27,28);6H,4-5H2,1-3H3;2H2,1H3/b18-3+;;. The minimum absolute atomic E-state index is 0.106. The van der Waals surface area contributed by atoms with Gasteiger partial charge in [0.05, 0.1) is 5.76 Å². The second-order valence-corrected chi connectivity index (χ2v) is 9.29. The highest BCUT2D eigenvalue weighted by Crippen LogP contribution is 2.25. The van der Waals surface area contributed by atoms with Crippen LogP contribution >= 0.6 is 0 Å². The molecule has 1 amide bonds. The molecule has 0 saturated carbocycles. The third-order valence-corrected chi connectivity index (χ3v) is 5.89. The Bertz CT molecular complexity index is 1290. The van der Waals surface area contributed by atoms with Gasteiger partial charge >= 0.3 is 0 Å². The zero-order valence-electron chi connectivity index (χ0n) is 23.2. The number of allylic oxidation sites excluding steroid dienone is 2. The zero-order valence-corrected chi connectivity index (χ0v) is 23.2. The van der Waals surface area contributed by atoms with E-state index in [1.165, 1.54) is 25.3 Å². The number of carbonyl (C=O) groups excluding carboxylic acids is 1. The quantitative estimate of drug-likeness (QED) is 0.198. The van der Waals surface area contributed by atoms with Crippen LogP contribution in [0.1, 0.15) is 63.4 Å². The number of nitrogens with two attached hydrogens (primary N) is 1. The molecule has 0 aromatic heterocycles. The fraction of sp³-hybridized carbons (Fsp3) is 0.303. The Morgan fingerprint density at radius 2 is 1.51 bits per heavy atom. The lowest BCUT2D eigenvalue weighted by atomic mass is 10.00. The van der Waals surface area contributed by atoms with Crippen LogP contribution < -0.4 is 11.1 Å². The number of benzene rings is 4. The molecule has 4 nitrogen and oxygen atoms in total. The monoisotopic (exact) mass is 498 g/mol. The van der Waals surface area contributed by atoms with Crippen molar-refractivity contribution in [2.45, 2.75) is 54.1 Å². The first-order valence-electron chi connectivity index (χ1n) is 13.1. The van der Waals surface area contributed by atoms with Crippen LogP contribution in [0, 0.1) is 5.92 Å².